The minimum atomic E-state index is 0.550. The highest BCUT2D eigenvalue weighted by molar-refractivity contribution is 5.24. The molecule has 2 aromatic carbocycles. The lowest BCUT2D eigenvalue weighted by Gasteiger charge is -2.49. The maximum Gasteiger partial charge on any atom is 0.0370 e. The van der Waals surface area contributed by atoms with Gasteiger partial charge < -0.3 is 5.32 Å². The Morgan fingerprint density at radius 3 is 2.27 bits per heavy atom. The second-order valence-electron chi connectivity index (χ2n) is 6.54. The molecule has 22 heavy (non-hydrogen) atoms. The van der Waals surface area contributed by atoms with Crippen molar-refractivity contribution in [2.75, 3.05) is 6.54 Å². The fraction of sp³-hybridized carbons (Fsp3) is 0.400. The molecule has 3 rings (SSSR count). The molecule has 2 atom stereocenters. The standard InChI is InChI=1S/C20H26N2/c1-16(2)21-14-19-13-20(18-11-7-4-8-12-18)22(19)15-17-9-5-3-6-10-17/h3-12,16,19-21H,13-15H2,1-2H3. The van der Waals surface area contributed by atoms with E-state index < -0.39 is 0 Å². The molecule has 2 heteroatoms. The number of nitrogens with zero attached hydrogens (tertiary/aromatic N) is 1. The van der Waals surface area contributed by atoms with Gasteiger partial charge in [0.1, 0.15) is 0 Å². The van der Waals surface area contributed by atoms with Crippen LogP contribution in [0.5, 0.6) is 0 Å². The Labute approximate surface area is 134 Å². The van der Waals surface area contributed by atoms with Gasteiger partial charge in [0.25, 0.3) is 0 Å². The van der Waals surface area contributed by atoms with Crippen LogP contribution < -0.4 is 5.32 Å². The Bertz CT molecular complexity index is 565. The van der Waals surface area contributed by atoms with E-state index in [0.717, 1.165) is 13.1 Å². The van der Waals surface area contributed by atoms with Crippen LogP contribution in [0.25, 0.3) is 0 Å². The first-order valence-electron chi connectivity index (χ1n) is 8.32. The van der Waals surface area contributed by atoms with E-state index in [9.17, 15) is 0 Å². The SMILES string of the molecule is CC(C)NCC1CC(c2ccccc2)N1Cc1ccccc1. The summed E-state index contributed by atoms with van der Waals surface area (Å²) in [6.45, 7) is 6.54. The van der Waals surface area contributed by atoms with E-state index in [1.807, 2.05) is 0 Å². The Kier molecular flexibility index (Phi) is 4.91. The summed E-state index contributed by atoms with van der Waals surface area (Å²) in [6.07, 6.45) is 1.25. The zero-order chi connectivity index (χ0) is 15.4. The molecular weight excluding hydrogens is 268 g/mol. The van der Waals surface area contributed by atoms with Gasteiger partial charge in [-0.3, -0.25) is 4.90 Å². The lowest BCUT2D eigenvalue weighted by molar-refractivity contribution is 0.00482. The lowest BCUT2D eigenvalue weighted by atomic mass is 9.86. The normalized spacial score (nSPS) is 21.8. The molecule has 0 saturated carbocycles. The summed E-state index contributed by atoms with van der Waals surface area (Å²) in [6, 6.07) is 23.5. The molecule has 1 fully saturated rings. The molecule has 2 unspecified atom stereocenters. The third-order valence-electron chi connectivity index (χ3n) is 4.52. The second-order valence-corrected chi connectivity index (χ2v) is 6.54. The van der Waals surface area contributed by atoms with Crippen molar-refractivity contribution in [3.05, 3.63) is 71.8 Å². The highest BCUT2D eigenvalue weighted by atomic mass is 15.3. The third-order valence-corrected chi connectivity index (χ3v) is 4.52. The average molecular weight is 294 g/mol. The van der Waals surface area contributed by atoms with E-state index in [1.165, 1.54) is 17.5 Å². The van der Waals surface area contributed by atoms with Gasteiger partial charge in [0.05, 0.1) is 0 Å². The first-order chi connectivity index (χ1) is 10.7. The fourth-order valence-electron chi connectivity index (χ4n) is 3.25. The van der Waals surface area contributed by atoms with Crippen LogP contribution >= 0.6 is 0 Å². The Morgan fingerprint density at radius 2 is 1.64 bits per heavy atom. The number of benzene rings is 2. The number of nitrogens with one attached hydrogen (secondary N) is 1. The summed E-state index contributed by atoms with van der Waals surface area (Å²) in [4.78, 5) is 2.64. The third kappa shape index (κ3) is 3.57. The van der Waals surface area contributed by atoms with Crippen LogP contribution in [0.1, 0.15) is 37.4 Å². The molecule has 1 aliphatic heterocycles. The van der Waals surface area contributed by atoms with Gasteiger partial charge in [0.2, 0.25) is 0 Å². The minimum absolute atomic E-state index is 0.550. The molecule has 0 radical (unpaired) electrons. The Balaban J connectivity index is 1.71. The molecule has 116 valence electrons. The van der Waals surface area contributed by atoms with Crippen LogP contribution in [0.15, 0.2) is 60.7 Å². The van der Waals surface area contributed by atoms with Crippen molar-refractivity contribution in [1.82, 2.24) is 10.2 Å². The molecule has 0 bridgehead atoms. The topological polar surface area (TPSA) is 15.3 Å². The molecule has 1 heterocycles. The maximum absolute atomic E-state index is 3.59. The summed E-state index contributed by atoms with van der Waals surface area (Å²) < 4.78 is 0. The number of likely N-dealkylation sites (tertiary alicyclic amines) is 1. The van der Waals surface area contributed by atoms with Gasteiger partial charge in [0.15, 0.2) is 0 Å². The van der Waals surface area contributed by atoms with Gasteiger partial charge in [-0.15, -0.1) is 0 Å². The Hall–Kier alpha value is -1.64. The molecular formula is C20H26N2. The van der Waals surface area contributed by atoms with Gasteiger partial charge in [-0.25, -0.2) is 0 Å². The van der Waals surface area contributed by atoms with Crippen LogP contribution in [-0.2, 0) is 6.54 Å². The van der Waals surface area contributed by atoms with Gasteiger partial charge in [-0.1, -0.05) is 74.5 Å². The average Bonchev–Trinajstić information content (AvgIpc) is 2.53. The molecule has 2 aromatic rings. The van der Waals surface area contributed by atoms with Crippen LogP contribution in [0, 0.1) is 0 Å². The van der Waals surface area contributed by atoms with E-state index in [2.05, 4.69) is 84.7 Å². The highest BCUT2D eigenvalue weighted by Gasteiger charge is 2.38. The summed E-state index contributed by atoms with van der Waals surface area (Å²) >= 11 is 0. The zero-order valence-electron chi connectivity index (χ0n) is 13.6. The van der Waals surface area contributed by atoms with E-state index in [1.54, 1.807) is 0 Å². The van der Waals surface area contributed by atoms with Crippen LogP contribution in [0.2, 0.25) is 0 Å². The number of hydrogen-bond donors (Lipinski definition) is 1. The van der Waals surface area contributed by atoms with E-state index in [4.69, 9.17) is 0 Å². The second kappa shape index (κ2) is 7.08. The largest absolute Gasteiger partial charge is 0.313 e. The van der Waals surface area contributed by atoms with Crippen LogP contribution in [0.3, 0.4) is 0 Å². The number of hydrogen-bond acceptors (Lipinski definition) is 2. The van der Waals surface area contributed by atoms with Crippen molar-refractivity contribution in [3.8, 4) is 0 Å². The molecule has 0 aliphatic carbocycles. The summed E-state index contributed by atoms with van der Waals surface area (Å²) in [5.74, 6) is 0. The molecule has 1 aliphatic rings. The first-order valence-corrected chi connectivity index (χ1v) is 8.32. The smallest absolute Gasteiger partial charge is 0.0370 e. The summed E-state index contributed by atoms with van der Waals surface area (Å²) in [5.41, 5.74) is 2.84. The quantitative estimate of drug-likeness (QED) is 0.866. The van der Waals surface area contributed by atoms with Gasteiger partial charge in [-0.05, 0) is 17.5 Å². The monoisotopic (exact) mass is 294 g/mol. The van der Waals surface area contributed by atoms with Crippen molar-refractivity contribution >= 4 is 0 Å². The van der Waals surface area contributed by atoms with Crippen molar-refractivity contribution in [2.45, 2.75) is 44.9 Å². The van der Waals surface area contributed by atoms with Crippen LogP contribution in [-0.4, -0.2) is 23.5 Å². The summed E-state index contributed by atoms with van der Waals surface area (Å²) in [7, 11) is 0. The molecule has 0 amide bonds. The predicted octanol–water partition coefficient (Wildman–Crippen LogP) is 4.00. The van der Waals surface area contributed by atoms with E-state index in [0.29, 0.717) is 18.1 Å². The molecule has 0 spiro atoms. The molecule has 1 N–H and O–H groups in total. The zero-order valence-corrected chi connectivity index (χ0v) is 13.6. The highest BCUT2D eigenvalue weighted by Crippen LogP contribution is 2.39. The maximum atomic E-state index is 3.59. The van der Waals surface area contributed by atoms with E-state index in [-0.39, 0.29) is 0 Å². The molecule has 1 saturated heterocycles. The fourth-order valence-corrected chi connectivity index (χ4v) is 3.25. The van der Waals surface area contributed by atoms with Crippen molar-refractivity contribution in [1.29, 1.82) is 0 Å². The number of rotatable bonds is 6. The first kappa shape index (κ1) is 15.3. The summed E-state index contributed by atoms with van der Waals surface area (Å²) in [5, 5.41) is 3.59. The minimum Gasteiger partial charge on any atom is -0.313 e. The lowest BCUT2D eigenvalue weighted by Crippen LogP contribution is -2.54. The van der Waals surface area contributed by atoms with Gasteiger partial charge >= 0.3 is 0 Å². The van der Waals surface area contributed by atoms with Crippen molar-refractivity contribution in [2.24, 2.45) is 0 Å². The molecule has 0 aromatic heterocycles. The van der Waals surface area contributed by atoms with E-state index >= 15 is 0 Å². The van der Waals surface area contributed by atoms with Gasteiger partial charge in [0, 0.05) is 31.2 Å². The van der Waals surface area contributed by atoms with Gasteiger partial charge in [-0.2, -0.15) is 0 Å². The molecule has 2 nitrogen and oxygen atoms in total. The van der Waals surface area contributed by atoms with Crippen LogP contribution in [0.4, 0.5) is 0 Å². The van der Waals surface area contributed by atoms with Crippen molar-refractivity contribution in [3.63, 3.8) is 0 Å². The van der Waals surface area contributed by atoms with Crippen molar-refractivity contribution < 1.29 is 0 Å². The Morgan fingerprint density at radius 1 is 1.00 bits per heavy atom. The predicted molar refractivity (Wildman–Crippen MR) is 92.7 cm³/mol.